The number of amides is 1. The average molecular weight is 388 g/mol. The molecule has 1 aliphatic heterocycles. The number of aryl methyl sites for hydroxylation is 1. The first-order chi connectivity index (χ1) is 13.7. The van der Waals surface area contributed by atoms with Crippen molar-refractivity contribution >= 4 is 29.4 Å². The van der Waals surface area contributed by atoms with Crippen LogP contribution in [0.3, 0.4) is 0 Å². The molecule has 140 valence electrons. The van der Waals surface area contributed by atoms with Gasteiger partial charge in [0.2, 0.25) is 0 Å². The van der Waals surface area contributed by atoms with Crippen LogP contribution in [0.4, 0.5) is 5.69 Å². The monoisotopic (exact) mass is 387 g/mol. The quantitative estimate of drug-likeness (QED) is 0.528. The van der Waals surface area contributed by atoms with E-state index in [1.807, 2.05) is 65.6 Å². The second-order valence-corrected chi connectivity index (χ2v) is 7.80. The number of hydrogen-bond donors (Lipinski definition) is 0. The predicted octanol–water partition coefficient (Wildman–Crippen LogP) is 5.82. The molecule has 1 atom stereocenters. The molecule has 3 aromatic carbocycles. The summed E-state index contributed by atoms with van der Waals surface area (Å²) in [7, 11) is 1.64. The molecule has 1 aliphatic rings. The van der Waals surface area contributed by atoms with Gasteiger partial charge in [0.05, 0.1) is 12.0 Å². The van der Waals surface area contributed by atoms with Crippen molar-refractivity contribution in [3.05, 3.63) is 100 Å². The SMILES string of the molecule is COc1ccc(N2C(=O)C(=Cc3ccccc3)SC2c2ccc(C)cc2)cc1. The third-order valence-corrected chi connectivity index (χ3v) is 5.97. The van der Waals surface area contributed by atoms with E-state index in [1.54, 1.807) is 18.9 Å². The van der Waals surface area contributed by atoms with E-state index in [9.17, 15) is 4.79 Å². The van der Waals surface area contributed by atoms with Gasteiger partial charge in [-0.3, -0.25) is 9.69 Å². The Bertz CT molecular complexity index is 995. The Labute approximate surface area is 169 Å². The Balaban J connectivity index is 1.75. The number of anilines is 1. The zero-order chi connectivity index (χ0) is 19.5. The number of thioether (sulfide) groups is 1. The largest absolute Gasteiger partial charge is 0.497 e. The lowest BCUT2D eigenvalue weighted by Crippen LogP contribution is -2.27. The highest BCUT2D eigenvalue weighted by Gasteiger charge is 2.38. The molecular formula is C24H21NO2S. The maximum absolute atomic E-state index is 13.3. The van der Waals surface area contributed by atoms with Crippen LogP contribution in [0.2, 0.25) is 0 Å². The zero-order valence-corrected chi connectivity index (χ0v) is 16.6. The van der Waals surface area contributed by atoms with Crippen LogP contribution in [0.25, 0.3) is 6.08 Å². The number of benzene rings is 3. The number of methoxy groups -OCH3 is 1. The summed E-state index contributed by atoms with van der Waals surface area (Å²) in [4.78, 5) is 15.9. The summed E-state index contributed by atoms with van der Waals surface area (Å²) in [6.45, 7) is 2.07. The van der Waals surface area contributed by atoms with Crippen LogP contribution in [0.15, 0.2) is 83.8 Å². The van der Waals surface area contributed by atoms with Gasteiger partial charge in [-0.05, 0) is 48.4 Å². The fourth-order valence-electron chi connectivity index (χ4n) is 3.19. The van der Waals surface area contributed by atoms with Crippen molar-refractivity contribution in [2.45, 2.75) is 12.3 Å². The van der Waals surface area contributed by atoms with Gasteiger partial charge in [-0.15, -0.1) is 0 Å². The number of rotatable bonds is 4. The molecule has 0 N–H and O–H groups in total. The fraction of sp³-hybridized carbons (Fsp3) is 0.125. The third-order valence-electron chi connectivity index (χ3n) is 4.71. The minimum Gasteiger partial charge on any atom is -0.497 e. The van der Waals surface area contributed by atoms with Crippen LogP contribution in [0.5, 0.6) is 5.75 Å². The van der Waals surface area contributed by atoms with Gasteiger partial charge >= 0.3 is 0 Å². The molecule has 4 heteroatoms. The van der Waals surface area contributed by atoms with Gasteiger partial charge in [0.15, 0.2) is 0 Å². The molecule has 1 fully saturated rings. The van der Waals surface area contributed by atoms with Crippen molar-refractivity contribution < 1.29 is 9.53 Å². The molecule has 0 bridgehead atoms. The van der Waals surface area contributed by atoms with Crippen molar-refractivity contribution in [2.24, 2.45) is 0 Å². The van der Waals surface area contributed by atoms with Gasteiger partial charge in [0.25, 0.3) is 5.91 Å². The maximum Gasteiger partial charge on any atom is 0.266 e. The second-order valence-electron chi connectivity index (χ2n) is 6.67. The molecule has 1 amide bonds. The molecule has 3 aromatic rings. The number of carbonyl (C=O) groups excluding carboxylic acids is 1. The van der Waals surface area contributed by atoms with E-state index in [4.69, 9.17) is 4.74 Å². The van der Waals surface area contributed by atoms with Crippen LogP contribution in [0, 0.1) is 6.92 Å². The number of carbonyl (C=O) groups is 1. The van der Waals surface area contributed by atoms with E-state index >= 15 is 0 Å². The van der Waals surface area contributed by atoms with Gasteiger partial charge in [-0.25, -0.2) is 0 Å². The Morgan fingerprint density at radius 3 is 2.25 bits per heavy atom. The first kappa shape index (κ1) is 18.4. The Kier molecular flexibility index (Phi) is 5.22. The molecule has 1 heterocycles. The molecule has 0 radical (unpaired) electrons. The molecule has 0 spiro atoms. The Hall–Kier alpha value is -2.98. The zero-order valence-electron chi connectivity index (χ0n) is 15.8. The molecule has 1 saturated heterocycles. The molecule has 4 rings (SSSR count). The first-order valence-electron chi connectivity index (χ1n) is 9.13. The van der Waals surface area contributed by atoms with Gasteiger partial charge in [0.1, 0.15) is 11.1 Å². The van der Waals surface area contributed by atoms with Crippen LogP contribution in [-0.4, -0.2) is 13.0 Å². The number of ether oxygens (including phenoxy) is 1. The van der Waals surface area contributed by atoms with Crippen molar-refractivity contribution in [3.63, 3.8) is 0 Å². The van der Waals surface area contributed by atoms with E-state index in [0.29, 0.717) is 0 Å². The van der Waals surface area contributed by atoms with E-state index in [0.717, 1.165) is 27.5 Å². The Morgan fingerprint density at radius 2 is 1.61 bits per heavy atom. The predicted molar refractivity (Wildman–Crippen MR) is 116 cm³/mol. The van der Waals surface area contributed by atoms with E-state index in [-0.39, 0.29) is 11.3 Å². The lowest BCUT2D eigenvalue weighted by molar-refractivity contribution is -0.114. The van der Waals surface area contributed by atoms with Crippen LogP contribution >= 0.6 is 11.8 Å². The minimum absolute atomic E-state index is 0.0181. The van der Waals surface area contributed by atoms with Gasteiger partial charge in [-0.2, -0.15) is 0 Å². The minimum atomic E-state index is -0.101. The standard InChI is InChI=1S/C24H21NO2S/c1-17-8-10-19(11-9-17)24-25(20-12-14-21(27-2)15-13-20)23(26)22(28-24)16-18-6-4-3-5-7-18/h3-16,24H,1-2H3. The summed E-state index contributed by atoms with van der Waals surface area (Å²) in [5.41, 5.74) is 4.20. The van der Waals surface area contributed by atoms with Crippen molar-refractivity contribution in [1.82, 2.24) is 0 Å². The average Bonchev–Trinajstić information content (AvgIpc) is 3.05. The van der Waals surface area contributed by atoms with Gasteiger partial charge in [0, 0.05) is 5.69 Å². The van der Waals surface area contributed by atoms with Crippen molar-refractivity contribution in [1.29, 1.82) is 0 Å². The van der Waals surface area contributed by atoms with Gasteiger partial charge < -0.3 is 4.74 Å². The van der Waals surface area contributed by atoms with E-state index in [1.165, 1.54) is 5.56 Å². The summed E-state index contributed by atoms with van der Waals surface area (Å²) in [5, 5.41) is -0.101. The highest BCUT2D eigenvalue weighted by molar-refractivity contribution is 8.05. The molecule has 0 aliphatic carbocycles. The van der Waals surface area contributed by atoms with Crippen LogP contribution < -0.4 is 9.64 Å². The number of nitrogens with zero attached hydrogens (tertiary/aromatic N) is 1. The van der Waals surface area contributed by atoms with Gasteiger partial charge in [-0.1, -0.05) is 71.9 Å². The molecular weight excluding hydrogens is 366 g/mol. The molecule has 1 unspecified atom stereocenters. The fourth-order valence-corrected chi connectivity index (χ4v) is 4.45. The van der Waals surface area contributed by atoms with Crippen LogP contribution in [0.1, 0.15) is 22.1 Å². The lowest BCUT2D eigenvalue weighted by Gasteiger charge is -2.24. The van der Waals surface area contributed by atoms with E-state index in [2.05, 4.69) is 31.2 Å². The lowest BCUT2D eigenvalue weighted by atomic mass is 10.1. The van der Waals surface area contributed by atoms with Crippen LogP contribution in [-0.2, 0) is 4.79 Å². The highest BCUT2D eigenvalue weighted by Crippen LogP contribution is 2.48. The molecule has 3 nitrogen and oxygen atoms in total. The van der Waals surface area contributed by atoms with Crippen molar-refractivity contribution in [3.8, 4) is 5.75 Å². The highest BCUT2D eigenvalue weighted by atomic mass is 32.2. The Morgan fingerprint density at radius 1 is 0.929 bits per heavy atom. The topological polar surface area (TPSA) is 29.5 Å². The normalized spacial score (nSPS) is 17.9. The van der Waals surface area contributed by atoms with Crippen molar-refractivity contribution in [2.75, 3.05) is 12.0 Å². The maximum atomic E-state index is 13.3. The molecule has 0 saturated carbocycles. The summed E-state index contributed by atoms with van der Waals surface area (Å²) >= 11 is 1.59. The third kappa shape index (κ3) is 3.69. The summed E-state index contributed by atoms with van der Waals surface area (Å²) in [6.07, 6.45) is 1.97. The summed E-state index contributed by atoms with van der Waals surface area (Å²) in [5.74, 6) is 0.791. The van der Waals surface area contributed by atoms with E-state index < -0.39 is 0 Å². The second kappa shape index (κ2) is 7.95. The molecule has 28 heavy (non-hydrogen) atoms. The first-order valence-corrected chi connectivity index (χ1v) is 10.0. The summed E-state index contributed by atoms with van der Waals surface area (Å²) < 4.78 is 5.26. The smallest absolute Gasteiger partial charge is 0.266 e. The summed E-state index contributed by atoms with van der Waals surface area (Å²) in [6, 6.07) is 26.0. The molecule has 0 aromatic heterocycles. The number of hydrogen-bond acceptors (Lipinski definition) is 3.